The first kappa shape index (κ1) is 95.9. The molecular weight excluding hydrogens is 1560 g/mol. The molecule has 0 bridgehead atoms. The van der Waals surface area contributed by atoms with E-state index in [0.717, 1.165) is 0 Å². The van der Waals surface area contributed by atoms with Crippen molar-refractivity contribution in [3.05, 3.63) is 102 Å². The Hall–Kier alpha value is -11.5. The number of aromatic hydroxyl groups is 1. The van der Waals surface area contributed by atoms with Crippen LogP contribution in [-0.4, -0.2) is 256 Å². The van der Waals surface area contributed by atoms with E-state index in [2.05, 4.69) is 112 Å². The average molecular weight is 1670 g/mol. The van der Waals surface area contributed by atoms with E-state index >= 15 is 0 Å². The zero-order valence-corrected chi connectivity index (χ0v) is 65.5. The number of carbonyl (C=O) groups is 16. The van der Waals surface area contributed by atoms with Crippen LogP contribution in [-0.2, 0) is 96.0 Å². The molecule has 0 aromatic heterocycles. The number of unbranched alkanes of at least 4 members (excludes halogenated alkanes) is 1. The molecule has 12 atom stereocenters. The summed E-state index contributed by atoms with van der Waals surface area (Å²) >= 11 is 12.5. The number of carbonyl (C=O) groups excluding carboxylic acids is 14. The molecule has 0 aliphatic carbocycles. The monoisotopic (exact) mass is 1660 g/mol. The van der Waals surface area contributed by atoms with Gasteiger partial charge in [-0.2, -0.15) is 37.9 Å². The lowest BCUT2D eigenvalue weighted by Gasteiger charge is -2.30. The summed E-state index contributed by atoms with van der Waals surface area (Å²) in [6.07, 6.45) is -1.55. The Morgan fingerprint density at radius 1 is 0.443 bits per heavy atom. The molecule has 29 N–H and O–H groups in total. The highest BCUT2D eigenvalue weighted by Gasteiger charge is 2.41. The van der Waals surface area contributed by atoms with Gasteiger partial charge in [0.25, 0.3) is 0 Å². The summed E-state index contributed by atoms with van der Waals surface area (Å²) in [7, 11) is 0. The maximum atomic E-state index is 14.6. The number of phenols is 1. The highest BCUT2D eigenvalue weighted by atomic mass is 32.1. The van der Waals surface area contributed by atoms with Crippen molar-refractivity contribution in [3.8, 4) is 5.75 Å². The normalized spacial score (nSPS) is 15.1. The van der Waals surface area contributed by atoms with Crippen molar-refractivity contribution in [1.82, 2.24) is 79.3 Å². The molecule has 1 aliphatic heterocycles. The lowest BCUT2D eigenvalue weighted by atomic mass is 10.0. The number of phenolic OH excluding ortho intramolecular Hbond substituents is 1. The summed E-state index contributed by atoms with van der Waals surface area (Å²) in [5.41, 5.74) is 29.3. The maximum Gasteiger partial charge on any atom is 0.326 e. The second-order valence-corrected chi connectivity index (χ2v) is 27.7. The predicted molar refractivity (Wildman–Crippen MR) is 427 cm³/mol. The average Bonchev–Trinajstić information content (AvgIpc) is 1.71. The van der Waals surface area contributed by atoms with Crippen LogP contribution in [0.4, 0.5) is 0 Å². The number of benzene rings is 3. The van der Waals surface area contributed by atoms with Gasteiger partial charge in [-0.1, -0.05) is 72.8 Å². The summed E-state index contributed by atoms with van der Waals surface area (Å²) in [5, 5.41) is 78.7. The lowest BCUT2D eigenvalue weighted by molar-refractivity contribution is -0.145. The molecule has 630 valence electrons. The van der Waals surface area contributed by atoms with E-state index in [1.807, 2.05) is 0 Å². The first-order chi connectivity index (χ1) is 54.7. The number of hydrogen-bond donors (Lipinski definition) is 27. The number of carboxylic acid groups (broad SMARTS) is 2. The number of nitrogens with one attached hydrogen (secondary N) is 16. The van der Waals surface area contributed by atoms with Crippen molar-refractivity contribution >= 4 is 144 Å². The molecular formula is C71H104N22O19S3. The van der Waals surface area contributed by atoms with Gasteiger partial charge in [0.05, 0.1) is 32.0 Å². The van der Waals surface area contributed by atoms with Crippen molar-refractivity contribution in [3.63, 3.8) is 0 Å². The molecule has 1 saturated heterocycles. The van der Waals surface area contributed by atoms with E-state index in [4.69, 9.17) is 39.5 Å². The molecule has 41 nitrogen and oxygen atoms in total. The van der Waals surface area contributed by atoms with Gasteiger partial charge in [-0.05, 0) is 93.2 Å². The number of thiol groups is 3. The van der Waals surface area contributed by atoms with E-state index in [9.17, 15) is 92.0 Å². The second-order valence-electron chi connectivity index (χ2n) is 26.6. The molecule has 14 amide bonds. The number of rotatable bonds is 51. The van der Waals surface area contributed by atoms with Gasteiger partial charge < -0.3 is 123 Å². The van der Waals surface area contributed by atoms with Crippen LogP contribution in [0.15, 0.2) is 84.9 Å². The van der Waals surface area contributed by atoms with Gasteiger partial charge in [-0.15, -0.1) is 0 Å². The van der Waals surface area contributed by atoms with Crippen LogP contribution >= 0.6 is 37.9 Å². The fourth-order valence-corrected chi connectivity index (χ4v) is 12.2. The van der Waals surface area contributed by atoms with Crippen molar-refractivity contribution in [2.75, 3.05) is 56.5 Å². The molecule has 0 unspecified atom stereocenters. The highest BCUT2D eigenvalue weighted by molar-refractivity contribution is 7.80. The summed E-state index contributed by atoms with van der Waals surface area (Å²) in [4.78, 5) is 219. The van der Waals surface area contributed by atoms with Gasteiger partial charge in [0.15, 0.2) is 11.9 Å². The summed E-state index contributed by atoms with van der Waals surface area (Å²) in [6, 6.07) is 3.91. The fourth-order valence-electron chi connectivity index (χ4n) is 11.6. The lowest BCUT2D eigenvalue weighted by Crippen LogP contribution is -2.61. The third-order valence-electron chi connectivity index (χ3n) is 17.6. The number of primary amides is 1. The number of likely N-dealkylation sites (tertiary alicyclic amines) is 1. The van der Waals surface area contributed by atoms with Crippen LogP contribution in [0.2, 0.25) is 0 Å². The Kier molecular flexibility index (Phi) is 42.2. The van der Waals surface area contributed by atoms with Gasteiger partial charge in [-0.25, -0.2) is 4.79 Å². The number of nitrogens with two attached hydrogens (primary N) is 5. The molecule has 0 radical (unpaired) electrons. The minimum atomic E-state index is -1.85. The first-order valence-corrected chi connectivity index (χ1v) is 38.5. The highest BCUT2D eigenvalue weighted by Crippen LogP contribution is 2.21. The van der Waals surface area contributed by atoms with Crippen LogP contribution < -0.4 is 103 Å². The Morgan fingerprint density at radius 3 is 1.32 bits per heavy atom. The zero-order valence-electron chi connectivity index (χ0n) is 62.8. The summed E-state index contributed by atoms with van der Waals surface area (Å²) in [5.74, 6) is -18.5. The molecule has 44 heteroatoms. The molecule has 3 aromatic carbocycles. The third-order valence-corrected chi connectivity index (χ3v) is 18.7. The number of guanidine groups is 2. The van der Waals surface area contributed by atoms with Crippen LogP contribution in [0.3, 0.4) is 0 Å². The Morgan fingerprint density at radius 2 is 0.843 bits per heavy atom. The molecule has 115 heavy (non-hydrogen) atoms. The Balaban J connectivity index is 1.50. The van der Waals surface area contributed by atoms with E-state index in [0.29, 0.717) is 29.5 Å². The van der Waals surface area contributed by atoms with Crippen LogP contribution in [0.1, 0.15) is 87.3 Å². The van der Waals surface area contributed by atoms with E-state index in [1.54, 1.807) is 60.7 Å². The zero-order chi connectivity index (χ0) is 85.3. The molecule has 1 heterocycles. The van der Waals surface area contributed by atoms with Crippen molar-refractivity contribution < 1.29 is 92.0 Å². The van der Waals surface area contributed by atoms with Crippen molar-refractivity contribution in [1.29, 1.82) is 10.8 Å². The summed E-state index contributed by atoms with van der Waals surface area (Å²) < 4.78 is 0. The quantitative estimate of drug-likeness (QED) is 0.0108. The molecule has 0 saturated carbocycles. The van der Waals surface area contributed by atoms with E-state index in [1.165, 1.54) is 29.2 Å². The second kappa shape index (κ2) is 50.6. The number of aliphatic carboxylic acids is 2. The van der Waals surface area contributed by atoms with Gasteiger partial charge in [0.1, 0.15) is 72.2 Å². The minimum absolute atomic E-state index is 0.0347. The third kappa shape index (κ3) is 35.2. The maximum absolute atomic E-state index is 14.6. The van der Waals surface area contributed by atoms with Gasteiger partial charge >= 0.3 is 11.9 Å². The molecule has 0 spiro atoms. The Labute approximate surface area is 678 Å². The fraction of sp³-hybridized carbons (Fsp3) is 0.493. The summed E-state index contributed by atoms with van der Waals surface area (Å²) in [6.45, 7) is -1.32. The van der Waals surface area contributed by atoms with Crippen LogP contribution in [0, 0.1) is 10.8 Å². The molecule has 1 fully saturated rings. The number of hydrogen-bond acceptors (Lipinski definition) is 24. The molecule has 3 aromatic rings. The minimum Gasteiger partial charge on any atom is -0.508 e. The first-order valence-electron chi connectivity index (χ1n) is 36.6. The van der Waals surface area contributed by atoms with Gasteiger partial charge in [0, 0.05) is 56.2 Å². The van der Waals surface area contributed by atoms with Crippen molar-refractivity contribution in [2.45, 2.75) is 162 Å². The smallest absolute Gasteiger partial charge is 0.326 e. The van der Waals surface area contributed by atoms with E-state index in [-0.39, 0.29) is 114 Å². The topological polar surface area (TPSA) is 683 Å². The number of carboxylic acids is 2. The molecule has 4 rings (SSSR count). The molecule has 1 aliphatic rings. The van der Waals surface area contributed by atoms with Crippen LogP contribution in [0.5, 0.6) is 5.75 Å². The van der Waals surface area contributed by atoms with E-state index < -0.39 is 205 Å². The van der Waals surface area contributed by atoms with Crippen LogP contribution in [0.25, 0.3) is 0 Å². The standard InChI is InChI=1S/C71H104N22O19S3/c72-24-8-7-16-43(61(103)90-48(29-39-14-5-2-6-15-39)62(104)92-52(37-115)66(108)86-44(17-9-25-79-70(75)76)68(110)93-27-11-19-53(93)67(109)87-45(69(111)112)18-10-26-80-71(77)78)85-63(105)49(31-54(74)95)91-65(107)51(36-114)84-56(97)34-81-59(101)46(28-38-12-3-1-4-13-38)83-55(96)33-82-60(102)47(30-40-20-22-41(94)23-21-40)89-64(106)50(32-57(98)99)88-58(100)42(73)35-113/h1-6,12-15,20-23,42-53,94,113-115H,7-11,16-19,24-37,72-73H2,(H2,74,95)(H,81,101)(H,82,102)(H,83,96)(H,84,97)(H,85,105)(H,86,108)(H,87,109)(H,88,100)(H,89,106)(H,90,103)(H,91,107)(H,92,104)(H,98,99)(H,111,112)(H4,75,76,79)(H4,77,78,80)/t42-,43-,44-,45-,46-,47-,48-,49-,50-,51-,52-,53-/m0/s1. The predicted octanol–water partition coefficient (Wildman–Crippen LogP) is -7.30. The van der Waals surface area contributed by atoms with Gasteiger partial charge in [0.2, 0.25) is 82.7 Å². The number of nitrogens with zero attached hydrogens (tertiary/aromatic N) is 1. The SMILES string of the molecule is N=C(N)NCCC[C@H](NC(=O)[C@@H]1CCCN1C(=O)[C@H](CCCNC(=N)N)NC(=O)[C@H](CS)NC(=O)[C@H](Cc1ccccc1)NC(=O)[C@H](CCCCN)NC(=O)[C@H](CC(N)=O)NC(=O)[C@H](CS)NC(=O)CNC(=O)[C@H](Cc1ccccc1)NC(=O)CNC(=O)[C@H](Cc1ccc(O)cc1)NC(=O)[C@H](CC(=O)O)NC(=O)[C@@H](N)CS)C(=O)O. The Bertz CT molecular complexity index is 3860. The largest absolute Gasteiger partial charge is 0.508 e. The van der Waals surface area contributed by atoms with Crippen molar-refractivity contribution in [2.24, 2.45) is 28.7 Å². The number of amides is 14. The van der Waals surface area contributed by atoms with Gasteiger partial charge in [-0.3, -0.25) is 82.7 Å².